The van der Waals surface area contributed by atoms with E-state index in [2.05, 4.69) is 41.5 Å². The van der Waals surface area contributed by atoms with Gasteiger partial charge >= 0.3 is 0 Å². The van der Waals surface area contributed by atoms with Gasteiger partial charge in [-0.3, -0.25) is 0 Å². The summed E-state index contributed by atoms with van der Waals surface area (Å²) in [5, 5.41) is 0. The van der Waals surface area contributed by atoms with E-state index in [1.165, 1.54) is 122 Å². The van der Waals surface area contributed by atoms with Crippen LogP contribution in [0.1, 0.15) is 164 Å². The number of unbranched alkanes of at least 4 members (excludes halogenated alkanes) is 16. The summed E-state index contributed by atoms with van der Waals surface area (Å²) in [5.74, 6) is 0. The van der Waals surface area contributed by atoms with Crippen LogP contribution >= 0.6 is 0 Å². The van der Waals surface area contributed by atoms with Crippen molar-refractivity contribution >= 4 is 0 Å². The van der Waals surface area contributed by atoms with E-state index in [-0.39, 0.29) is 0 Å². The maximum absolute atomic E-state index is 2.27. The third-order valence-electron chi connectivity index (χ3n) is 4.62. The second-order valence-electron chi connectivity index (χ2n) is 7.60. The minimum atomic E-state index is 1.36. The molecular formula is C25H56. The molecule has 0 fully saturated rings. The van der Waals surface area contributed by atoms with Gasteiger partial charge in [-0.05, 0) is 0 Å². The summed E-state index contributed by atoms with van der Waals surface area (Å²) >= 11 is 0. The van der Waals surface area contributed by atoms with Crippen LogP contribution < -0.4 is 0 Å². The molecule has 0 aliphatic rings. The molecule has 0 radical (unpaired) electrons. The Bertz CT molecular complexity index is 143. The van der Waals surface area contributed by atoms with Gasteiger partial charge in [0.2, 0.25) is 0 Å². The van der Waals surface area contributed by atoms with Gasteiger partial charge in [0.1, 0.15) is 0 Å². The quantitative estimate of drug-likeness (QED) is 0.241. The van der Waals surface area contributed by atoms with Gasteiger partial charge in [-0.1, -0.05) is 164 Å². The average Bonchev–Trinajstić information content (AvgIpc) is 2.63. The molecule has 0 heteroatoms. The first-order valence-corrected chi connectivity index (χ1v) is 12.2. The highest BCUT2D eigenvalue weighted by atomic mass is 13.9. The molecule has 0 saturated carbocycles. The Morgan fingerprint density at radius 1 is 0.200 bits per heavy atom. The van der Waals surface area contributed by atoms with Gasteiger partial charge in [0.25, 0.3) is 0 Å². The van der Waals surface area contributed by atoms with Crippen LogP contribution in [0, 0.1) is 0 Å². The molecule has 0 heterocycles. The van der Waals surface area contributed by atoms with E-state index in [0.717, 1.165) is 0 Å². The molecule has 156 valence electrons. The smallest absolute Gasteiger partial charge is 0.0533 e. The van der Waals surface area contributed by atoms with E-state index in [1.54, 1.807) is 0 Å². The SMILES string of the molecule is CCCCCCC.CCCCCCCC.CCCCCCCCCC. The van der Waals surface area contributed by atoms with E-state index in [4.69, 9.17) is 0 Å². The topological polar surface area (TPSA) is 0 Å². The lowest BCUT2D eigenvalue weighted by molar-refractivity contribution is 0.585. The van der Waals surface area contributed by atoms with Crippen LogP contribution in [-0.2, 0) is 0 Å². The maximum Gasteiger partial charge on any atom is -0.0533 e. The van der Waals surface area contributed by atoms with E-state index in [1.807, 2.05) is 0 Å². The van der Waals surface area contributed by atoms with Crippen LogP contribution in [0.5, 0.6) is 0 Å². The van der Waals surface area contributed by atoms with Crippen LogP contribution in [0.25, 0.3) is 0 Å². The van der Waals surface area contributed by atoms with Gasteiger partial charge in [-0.15, -0.1) is 0 Å². The molecule has 0 nitrogen and oxygen atoms in total. The molecule has 0 N–H and O–H groups in total. The second-order valence-corrected chi connectivity index (χ2v) is 7.60. The van der Waals surface area contributed by atoms with Crippen molar-refractivity contribution in [1.29, 1.82) is 0 Å². The number of hydrogen-bond donors (Lipinski definition) is 0. The Morgan fingerprint density at radius 2 is 0.320 bits per heavy atom. The molecule has 0 aliphatic heterocycles. The van der Waals surface area contributed by atoms with Crippen molar-refractivity contribution in [1.82, 2.24) is 0 Å². The zero-order valence-electron chi connectivity index (χ0n) is 19.4. The molecular weight excluding hydrogens is 300 g/mol. The third kappa shape index (κ3) is 45.4. The summed E-state index contributed by atoms with van der Waals surface area (Å²) in [7, 11) is 0. The van der Waals surface area contributed by atoms with Crippen molar-refractivity contribution in [2.24, 2.45) is 0 Å². The van der Waals surface area contributed by atoms with Crippen LogP contribution in [0.4, 0.5) is 0 Å². The largest absolute Gasteiger partial charge is 0.0654 e. The van der Waals surface area contributed by atoms with Gasteiger partial charge in [0, 0.05) is 0 Å². The van der Waals surface area contributed by atoms with Gasteiger partial charge in [-0.25, -0.2) is 0 Å². The third-order valence-corrected chi connectivity index (χ3v) is 4.62. The summed E-state index contributed by atoms with van der Waals surface area (Å²) < 4.78 is 0. The molecule has 0 aromatic heterocycles. The molecule has 0 aliphatic carbocycles. The van der Waals surface area contributed by atoms with Crippen LogP contribution in [-0.4, -0.2) is 0 Å². The Hall–Kier alpha value is 0. The normalized spacial score (nSPS) is 9.84. The molecule has 25 heavy (non-hydrogen) atoms. The van der Waals surface area contributed by atoms with Crippen molar-refractivity contribution in [3.05, 3.63) is 0 Å². The van der Waals surface area contributed by atoms with Gasteiger partial charge in [0.05, 0.1) is 0 Å². The van der Waals surface area contributed by atoms with E-state index in [9.17, 15) is 0 Å². The summed E-state index contributed by atoms with van der Waals surface area (Å²) in [4.78, 5) is 0. The molecule has 0 rings (SSSR count). The van der Waals surface area contributed by atoms with Gasteiger partial charge < -0.3 is 0 Å². The van der Waals surface area contributed by atoms with Crippen LogP contribution in [0.2, 0.25) is 0 Å². The Labute approximate surface area is 164 Å². The first-order valence-electron chi connectivity index (χ1n) is 12.2. The number of rotatable bonds is 16. The fraction of sp³-hybridized carbons (Fsp3) is 1.00. The van der Waals surface area contributed by atoms with Crippen LogP contribution in [0.15, 0.2) is 0 Å². The molecule has 0 aromatic rings. The van der Waals surface area contributed by atoms with Gasteiger partial charge in [-0.2, -0.15) is 0 Å². The molecule has 0 saturated heterocycles. The number of hydrogen-bond acceptors (Lipinski definition) is 0. The standard InChI is InChI=1S/C10H22.C8H18.C7H16/c1-3-5-7-9-10-8-6-4-2;1-3-5-7-8-6-4-2;1-3-5-7-6-4-2/h3-10H2,1-2H3;3-8H2,1-2H3;3-7H2,1-2H3. The predicted octanol–water partition coefficient (Wildman–Crippen LogP) is 10.5. The van der Waals surface area contributed by atoms with Crippen molar-refractivity contribution in [2.45, 2.75) is 164 Å². The van der Waals surface area contributed by atoms with E-state index in [0.29, 0.717) is 0 Å². The molecule has 0 amide bonds. The minimum absolute atomic E-state index is 1.36. The molecule has 0 aromatic carbocycles. The summed E-state index contributed by atoms with van der Waals surface area (Å²) in [6, 6.07) is 0. The summed E-state index contributed by atoms with van der Waals surface area (Å²) in [5.41, 5.74) is 0. The van der Waals surface area contributed by atoms with Crippen molar-refractivity contribution < 1.29 is 0 Å². The second kappa shape index (κ2) is 35.2. The molecule has 0 bridgehead atoms. The first kappa shape index (κ1) is 29.8. The van der Waals surface area contributed by atoms with Gasteiger partial charge in [0.15, 0.2) is 0 Å². The Kier molecular flexibility index (Phi) is 41.9. The average molecular weight is 357 g/mol. The molecule has 0 atom stereocenters. The fourth-order valence-electron chi connectivity index (χ4n) is 2.74. The highest BCUT2D eigenvalue weighted by Gasteiger charge is 1.87. The lowest BCUT2D eigenvalue weighted by Gasteiger charge is -1.97. The highest BCUT2D eigenvalue weighted by molar-refractivity contribution is 4.43. The van der Waals surface area contributed by atoms with Crippen molar-refractivity contribution in [2.75, 3.05) is 0 Å². The van der Waals surface area contributed by atoms with E-state index >= 15 is 0 Å². The van der Waals surface area contributed by atoms with Crippen LogP contribution in [0.3, 0.4) is 0 Å². The monoisotopic (exact) mass is 356 g/mol. The molecule has 0 spiro atoms. The van der Waals surface area contributed by atoms with Crippen molar-refractivity contribution in [3.63, 3.8) is 0 Å². The zero-order chi connectivity index (χ0) is 19.4. The fourth-order valence-corrected chi connectivity index (χ4v) is 2.74. The lowest BCUT2D eigenvalue weighted by Crippen LogP contribution is -1.77. The zero-order valence-corrected chi connectivity index (χ0v) is 19.4. The summed E-state index contributed by atoms with van der Waals surface area (Å²) in [6.45, 7) is 13.5. The lowest BCUT2D eigenvalue weighted by atomic mass is 10.1. The summed E-state index contributed by atoms with van der Waals surface area (Å²) in [6.07, 6.45) is 27.0. The van der Waals surface area contributed by atoms with Crippen molar-refractivity contribution in [3.8, 4) is 0 Å². The van der Waals surface area contributed by atoms with E-state index < -0.39 is 0 Å². The highest BCUT2D eigenvalue weighted by Crippen LogP contribution is 2.07. The first-order chi connectivity index (χ1) is 12.2. The Morgan fingerprint density at radius 3 is 0.480 bits per heavy atom. The predicted molar refractivity (Wildman–Crippen MR) is 122 cm³/mol. The maximum atomic E-state index is 2.27. The molecule has 0 unspecified atom stereocenters. The Balaban J connectivity index is -0.000000296. The minimum Gasteiger partial charge on any atom is -0.0654 e.